The molecule has 0 aliphatic carbocycles. The maximum Gasteiger partial charge on any atom is 0.445 e. The summed E-state index contributed by atoms with van der Waals surface area (Å²) in [5.74, 6) is -0.339. The molecule has 1 aromatic heterocycles. The lowest BCUT2D eigenvalue weighted by atomic mass is 10.0. The smallest absolute Gasteiger partial charge is 0.445 e. The Kier molecular flexibility index (Phi) is 6.57. The summed E-state index contributed by atoms with van der Waals surface area (Å²) in [6, 6.07) is 17.7. The molecule has 0 radical (unpaired) electrons. The first-order valence-electron chi connectivity index (χ1n) is 11.6. The lowest BCUT2D eigenvalue weighted by molar-refractivity contribution is -0.320. The number of aromatic hydroxyl groups is 1. The number of amidine groups is 1. The molecule has 1 aliphatic heterocycles. The van der Waals surface area contributed by atoms with Gasteiger partial charge in [-0.3, -0.25) is 4.79 Å². The number of hydrogen-bond acceptors (Lipinski definition) is 6. The van der Waals surface area contributed by atoms with Crippen molar-refractivity contribution >= 4 is 29.0 Å². The second kappa shape index (κ2) is 9.75. The van der Waals surface area contributed by atoms with Crippen molar-refractivity contribution in [2.75, 3.05) is 12.4 Å². The SMILES string of the molecule is Cc1nn(-c2ccc(C3=NC(c4cccc(Cl)c4)(C(F)(F)F)ON3C)cc2)cc1NC(=O)c1ccc(O)cc1. The van der Waals surface area contributed by atoms with Crippen LogP contribution in [0.15, 0.2) is 84.0 Å². The van der Waals surface area contributed by atoms with Gasteiger partial charge in [0.2, 0.25) is 0 Å². The van der Waals surface area contributed by atoms with E-state index in [0.29, 0.717) is 28.2 Å². The molecule has 3 aromatic carbocycles. The van der Waals surface area contributed by atoms with Crippen LogP contribution in [0.2, 0.25) is 5.02 Å². The minimum absolute atomic E-state index is 0.0163. The number of phenols is 1. The van der Waals surface area contributed by atoms with E-state index in [0.717, 1.165) is 5.06 Å². The van der Waals surface area contributed by atoms with Gasteiger partial charge in [-0.05, 0) is 67.6 Å². The van der Waals surface area contributed by atoms with Crippen LogP contribution < -0.4 is 5.32 Å². The summed E-state index contributed by atoms with van der Waals surface area (Å²) in [5.41, 5.74) is -0.802. The van der Waals surface area contributed by atoms with Crippen LogP contribution in [-0.4, -0.2) is 44.9 Å². The Balaban J connectivity index is 1.41. The molecule has 2 N–H and O–H groups in total. The van der Waals surface area contributed by atoms with E-state index < -0.39 is 11.9 Å². The number of aromatic nitrogens is 2. The van der Waals surface area contributed by atoms with Gasteiger partial charge in [0.25, 0.3) is 5.91 Å². The normalized spacial score (nSPS) is 17.3. The van der Waals surface area contributed by atoms with E-state index in [1.807, 2.05) is 0 Å². The highest BCUT2D eigenvalue weighted by molar-refractivity contribution is 6.30. The van der Waals surface area contributed by atoms with E-state index in [9.17, 15) is 23.1 Å². The Bertz CT molecular complexity index is 1570. The highest BCUT2D eigenvalue weighted by atomic mass is 35.5. The van der Waals surface area contributed by atoms with Crippen molar-refractivity contribution in [1.82, 2.24) is 14.8 Å². The lowest BCUT2D eigenvalue weighted by Gasteiger charge is -2.28. The average molecular weight is 556 g/mol. The molecule has 0 saturated carbocycles. The van der Waals surface area contributed by atoms with E-state index >= 15 is 0 Å². The van der Waals surface area contributed by atoms with Gasteiger partial charge in [0.15, 0.2) is 5.84 Å². The van der Waals surface area contributed by atoms with E-state index in [4.69, 9.17) is 16.4 Å². The Morgan fingerprint density at radius 1 is 1.08 bits per heavy atom. The molecule has 0 spiro atoms. The molecule has 200 valence electrons. The molecule has 2 heterocycles. The van der Waals surface area contributed by atoms with Crippen LogP contribution in [0.1, 0.15) is 27.2 Å². The predicted octanol–water partition coefficient (Wildman–Crippen LogP) is 5.83. The van der Waals surface area contributed by atoms with Crippen molar-refractivity contribution < 1.29 is 27.9 Å². The number of anilines is 1. The summed E-state index contributed by atoms with van der Waals surface area (Å²) in [5, 5.41) is 17.7. The summed E-state index contributed by atoms with van der Waals surface area (Å²) < 4.78 is 44.4. The van der Waals surface area contributed by atoms with Crippen LogP contribution in [0.3, 0.4) is 0 Å². The van der Waals surface area contributed by atoms with Crippen molar-refractivity contribution in [3.05, 3.63) is 106 Å². The summed E-state index contributed by atoms with van der Waals surface area (Å²) in [6.45, 7) is 1.73. The standard InChI is InChI=1S/C27H21ClF3N5O3/c1-16-23(32-25(38)18-8-12-22(37)13-9-18)15-36(34-16)21-10-6-17(7-11-21)24-33-26(27(29,30)31,39-35(24)2)19-4-3-5-20(28)14-19/h3-15,37H,1-2H3,(H,32,38). The topological polar surface area (TPSA) is 92.0 Å². The third-order valence-electron chi connectivity index (χ3n) is 6.10. The number of nitrogens with zero attached hydrogens (tertiary/aromatic N) is 4. The van der Waals surface area contributed by atoms with Gasteiger partial charge in [0.1, 0.15) is 5.75 Å². The van der Waals surface area contributed by atoms with Crippen LogP contribution in [0, 0.1) is 6.92 Å². The number of benzene rings is 3. The van der Waals surface area contributed by atoms with Crippen LogP contribution in [0.4, 0.5) is 18.9 Å². The van der Waals surface area contributed by atoms with Crippen molar-refractivity contribution in [1.29, 1.82) is 0 Å². The Labute approximate surface area is 225 Å². The molecule has 1 unspecified atom stereocenters. The van der Waals surface area contributed by atoms with Crippen molar-refractivity contribution in [2.24, 2.45) is 4.99 Å². The van der Waals surface area contributed by atoms with E-state index in [2.05, 4.69) is 15.4 Å². The highest BCUT2D eigenvalue weighted by Gasteiger charge is 2.62. The van der Waals surface area contributed by atoms with Crippen molar-refractivity contribution in [2.45, 2.75) is 18.8 Å². The maximum absolute atomic E-state index is 14.3. The van der Waals surface area contributed by atoms with Gasteiger partial charge < -0.3 is 10.4 Å². The number of alkyl halides is 3. The minimum atomic E-state index is -4.86. The number of amides is 1. The molecule has 0 fully saturated rings. The molecule has 0 bridgehead atoms. The molecule has 1 atom stereocenters. The van der Waals surface area contributed by atoms with Crippen molar-refractivity contribution in [3.63, 3.8) is 0 Å². The van der Waals surface area contributed by atoms with Crippen LogP contribution in [-0.2, 0) is 10.6 Å². The molecule has 1 aliphatic rings. The third kappa shape index (κ3) is 4.93. The second-order valence-electron chi connectivity index (χ2n) is 8.80. The molecule has 0 saturated heterocycles. The molecule has 39 heavy (non-hydrogen) atoms. The summed E-state index contributed by atoms with van der Waals surface area (Å²) in [6.07, 6.45) is -3.24. The van der Waals surface area contributed by atoms with Gasteiger partial charge in [0.05, 0.1) is 23.3 Å². The number of carbonyl (C=O) groups is 1. The van der Waals surface area contributed by atoms with Crippen LogP contribution in [0.5, 0.6) is 5.75 Å². The predicted molar refractivity (Wildman–Crippen MR) is 139 cm³/mol. The van der Waals surface area contributed by atoms with Gasteiger partial charge in [-0.15, -0.1) is 0 Å². The first kappa shape index (κ1) is 26.3. The van der Waals surface area contributed by atoms with E-state index in [1.54, 1.807) is 37.4 Å². The van der Waals surface area contributed by atoms with Gasteiger partial charge in [0, 0.05) is 28.8 Å². The van der Waals surface area contributed by atoms with Gasteiger partial charge in [-0.2, -0.15) is 18.3 Å². The molecular weight excluding hydrogens is 535 g/mol. The fourth-order valence-electron chi connectivity index (χ4n) is 4.11. The quantitative estimate of drug-likeness (QED) is 0.323. The van der Waals surface area contributed by atoms with Crippen LogP contribution in [0.25, 0.3) is 5.69 Å². The number of nitrogens with one attached hydrogen (secondary N) is 1. The number of aryl methyl sites for hydroxylation is 1. The average Bonchev–Trinajstić information content (AvgIpc) is 3.45. The van der Waals surface area contributed by atoms with Gasteiger partial charge in [-0.1, -0.05) is 23.7 Å². The Morgan fingerprint density at radius 2 is 1.77 bits per heavy atom. The number of hydroxylamine groups is 2. The third-order valence-corrected chi connectivity index (χ3v) is 6.33. The number of halogens is 4. The fourth-order valence-corrected chi connectivity index (χ4v) is 4.30. The largest absolute Gasteiger partial charge is 0.508 e. The van der Waals surface area contributed by atoms with E-state index in [-0.39, 0.29) is 28.1 Å². The minimum Gasteiger partial charge on any atom is -0.508 e. The molecule has 4 aromatic rings. The van der Waals surface area contributed by atoms with Crippen LogP contribution >= 0.6 is 11.6 Å². The Morgan fingerprint density at radius 3 is 2.41 bits per heavy atom. The molecular formula is C27H21ClF3N5O3. The number of rotatable bonds is 5. The molecule has 1 amide bonds. The molecule has 8 nitrogen and oxygen atoms in total. The monoisotopic (exact) mass is 555 g/mol. The fraction of sp³-hybridized carbons (Fsp3) is 0.148. The Hall–Kier alpha value is -4.35. The number of carbonyl (C=O) groups excluding carboxylic acids is 1. The van der Waals surface area contributed by atoms with Gasteiger partial charge in [-0.25, -0.2) is 19.6 Å². The summed E-state index contributed by atoms with van der Waals surface area (Å²) >= 11 is 5.95. The zero-order valence-corrected chi connectivity index (χ0v) is 21.3. The molecule has 12 heteroatoms. The zero-order chi connectivity index (χ0) is 27.9. The first-order chi connectivity index (χ1) is 18.5. The summed E-state index contributed by atoms with van der Waals surface area (Å²) in [7, 11) is 1.35. The second-order valence-corrected chi connectivity index (χ2v) is 9.23. The lowest BCUT2D eigenvalue weighted by Crippen LogP contribution is -2.42. The van der Waals surface area contributed by atoms with Crippen molar-refractivity contribution in [3.8, 4) is 11.4 Å². The number of phenolic OH excluding ortho intramolecular Hbond substituents is 1. The maximum atomic E-state index is 14.3. The van der Waals surface area contributed by atoms with Gasteiger partial charge >= 0.3 is 11.9 Å². The highest BCUT2D eigenvalue weighted by Crippen LogP contribution is 2.47. The summed E-state index contributed by atoms with van der Waals surface area (Å²) in [4.78, 5) is 21.8. The molecule has 5 rings (SSSR count). The first-order valence-corrected chi connectivity index (χ1v) is 12.0. The number of aliphatic imine (C=N–C) groups is 1. The number of hydrogen-bond donors (Lipinski definition) is 2. The zero-order valence-electron chi connectivity index (χ0n) is 20.6. The van der Waals surface area contributed by atoms with E-state index in [1.165, 1.54) is 60.3 Å².